The fourth-order valence-electron chi connectivity index (χ4n) is 3.30. The highest BCUT2D eigenvalue weighted by atomic mass is 19.1. The smallest absolute Gasteiger partial charge is 0.341 e. The molecule has 1 aliphatic carbocycles. The number of hydrogen-bond acceptors (Lipinski definition) is 3. The van der Waals surface area contributed by atoms with Crippen LogP contribution in [0.4, 0.5) is 4.39 Å². The van der Waals surface area contributed by atoms with Crippen LogP contribution in [0.5, 0.6) is 0 Å². The average Bonchev–Trinajstić information content (AvgIpc) is 2.86. The van der Waals surface area contributed by atoms with Gasteiger partial charge in [0.15, 0.2) is 0 Å². The molecular weight excluding hydrogens is 295 g/mol. The molecule has 122 valence electrons. The van der Waals surface area contributed by atoms with Gasteiger partial charge in [-0.1, -0.05) is 18.6 Å². The summed E-state index contributed by atoms with van der Waals surface area (Å²) in [6.07, 6.45) is 3.51. The van der Waals surface area contributed by atoms with E-state index in [9.17, 15) is 9.18 Å². The van der Waals surface area contributed by atoms with Gasteiger partial charge in [-0.25, -0.2) is 9.18 Å². The van der Waals surface area contributed by atoms with Crippen LogP contribution in [0.2, 0.25) is 0 Å². The van der Waals surface area contributed by atoms with E-state index in [4.69, 9.17) is 4.74 Å². The zero-order chi connectivity index (χ0) is 16.4. The van der Waals surface area contributed by atoms with Gasteiger partial charge >= 0.3 is 5.97 Å². The summed E-state index contributed by atoms with van der Waals surface area (Å²) in [6.45, 7) is 3.96. The molecule has 2 aromatic rings. The maximum absolute atomic E-state index is 13.8. The molecule has 0 radical (unpaired) electrons. The number of carbonyl (C=O) groups is 1. The van der Waals surface area contributed by atoms with E-state index in [1.54, 1.807) is 12.1 Å². The molecule has 4 nitrogen and oxygen atoms in total. The number of aromatic nitrogens is 2. The summed E-state index contributed by atoms with van der Waals surface area (Å²) < 4.78 is 21.4. The summed E-state index contributed by atoms with van der Waals surface area (Å²) in [5.41, 5.74) is 2.00. The van der Waals surface area contributed by atoms with Gasteiger partial charge < -0.3 is 4.74 Å². The molecule has 1 aromatic heterocycles. The molecule has 0 spiro atoms. The maximum Gasteiger partial charge on any atom is 0.341 e. The van der Waals surface area contributed by atoms with Crippen molar-refractivity contribution >= 4 is 5.97 Å². The predicted molar refractivity (Wildman–Crippen MR) is 84.8 cm³/mol. The fraction of sp³-hybridized carbons (Fsp3) is 0.444. The Hall–Kier alpha value is -2.17. The van der Waals surface area contributed by atoms with Crippen LogP contribution in [0.25, 0.3) is 0 Å². The molecule has 5 heteroatoms. The van der Waals surface area contributed by atoms with E-state index in [-0.39, 0.29) is 17.7 Å². The van der Waals surface area contributed by atoms with E-state index < -0.39 is 11.8 Å². The maximum atomic E-state index is 13.8. The standard InChI is InChI=1S/C18H21FN2O2/c1-12-11-13(2)21(20-12)16-9-5-6-10-17(16)23-18(22)14-7-3-4-8-15(14)19/h3-4,7-8,11,16-17H,5-6,9-10H2,1-2H3/t16-,17+/m1/s1. The van der Waals surface area contributed by atoms with E-state index in [1.807, 2.05) is 24.6 Å². The highest BCUT2D eigenvalue weighted by Crippen LogP contribution is 2.32. The molecule has 0 amide bonds. The molecular formula is C18H21FN2O2. The normalized spacial score (nSPS) is 21.2. The first-order valence-electron chi connectivity index (χ1n) is 8.04. The molecule has 1 aromatic carbocycles. The highest BCUT2D eigenvalue weighted by Gasteiger charge is 2.32. The molecule has 1 aliphatic rings. The van der Waals surface area contributed by atoms with Crippen molar-refractivity contribution in [3.05, 3.63) is 53.1 Å². The number of benzene rings is 1. The van der Waals surface area contributed by atoms with Crippen LogP contribution in [0.3, 0.4) is 0 Å². The molecule has 3 rings (SSSR count). The second-order valence-electron chi connectivity index (χ2n) is 6.15. The van der Waals surface area contributed by atoms with Crippen molar-refractivity contribution < 1.29 is 13.9 Å². The third kappa shape index (κ3) is 3.28. The van der Waals surface area contributed by atoms with Crippen molar-refractivity contribution in [3.8, 4) is 0 Å². The van der Waals surface area contributed by atoms with Crippen molar-refractivity contribution in [1.82, 2.24) is 9.78 Å². The second-order valence-corrected chi connectivity index (χ2v) is 6.15. The first kappa shape index (κ1) is 15.7. The molecule has 23 heavy (non-hydrogen) atoms. The van der Waals surface area contributed by atoms with Gasteiger partial charge in [0.2, 0.25) is 0 Å². The fourth-order valence-corrected chi connectivity index (χ4v) is 3.30. The van der Waals surface area contributed by atoms with E-state index in [0.29, 0.717) is 0 Å². The third-order valence-corrected chi connectivity index (χ3v) is 4.38. The Balaban J connectivity index is 1.81. The number of esters is 1. The first-order chi connectivity index (χ1) is 11.1. The number of rotatable bonds is 3. The Morgan fingerprint density at radius 2 is 2.00 bits per heavy atom. The minimum absolute atomic E-state index is 0.00908. The lowest BCUT2D eigenvalue weighted by atomic mass is 9.92. The molecule has 1 saturated carbocycles. The molecule has 0 N–H and O–H groups in total. The van der Waals surface area contributed by atoms with Crippen LogP contribution in [0.15, 0.2) is 30.3 Å². The lowest BCUT2D eigenvalue weighted by Crippen LogP contribution is -2.33. The molecule has 0 bridgehead atoms. The summed E-state index contributed by atoms with van der Waals surface area (Å²) >= 11 is 0. The lowest BCUT2D eigenvalue weighted by Gasteiger charge is -2.32. The van der Waals surface area contributed by atoms with E-state index in [0.717, 1.165) is 37.1 Å². The van der Waals surface area contributed by atoms with Crippen molar-refractivity contribution in [3.63, 3.8) is 0 Å². The van der Waals surface area contributed by atoms with E-state index >= 15 is 0 Å². The van der Waals surface area contributed by atoms with Crippen LogP contribution in [0, 0.1) is 19.7 Å². The SMILES string of the molecule is Cc1cc(C)n([C@@H]2CCCC[C@@H]2OC(=O)c2ccccc2F)n1. The molecule has 1 heterocycles. The summed E-state index contributed by atoms with van der Waals surface area (Å²) in [5.74, 6) is -1.14. The van der Waals surface area contributed by atoms with Gasteiger partial charge in [-0.05, 0) is 51.3 Å². The van der Waals surface area contributed by atoms with Crippen LogP contribution >= 0.6 is 0 Å². The molecule has 0 saturated heterocycles. The number of nitrogens with zero attached hydrogens (tertiary/aromatic N) is 2. The highest BCUT2D eigenvalue weighted by molar-refractivity contribution is 5.89. The minimum atomic E-state index is -0.596. The minimum Gasteiger partial charge on any atom is -0.456 e. The van der Waals surface area contributed by atoms with Gasteiger partial charge in [-0.3, -0.25) is 4.68 Å². The van der Waals surface area contributed by atoms with E-state index in [2.05, 4.69) is 5.10 Å². The number of carbonyl (C=O) groups excluding carboxylic acids is 1. The van der Waals surface area contributed by atoms with Crippen LogP contribution in [-0.4, -0.2) is 21.9 Å². The Morgan fingerprint density at radius 3 is 2.70 bits per heavy atom. The number of hydrogen-bond donors (Lipinski definition) is 0. The summed E-state index contributed by atoms with van der Waals surface area (Å²) in [4.78, 5) is 12.3. The zero-order valence-corrected chi connectivity index (χ0v) is 13.5. The summed E-state index contributed by atoms with van der Waals surface area (Å²) in [5, 5.41) is 4.53. The molecule has 0 aliphatic heterocycles. The topological polar surface area (TPSA) is 44.1 Å². The zero-order valence-electron chi connectivity index (χ0n) is 13.5. The van der Waals surface area contributed by atoms with Gasteiger partial charge in [0, 0.05) is 5.69 Å². The van der Waals surface area contributed by atoms with Crippen molar-refractivity contribution in [2.45, 2.75) is 51.7 Å². The number of ether oxygens (including phenoxy) is 1. The predicted octanol–water partition coefficient (Wildman–Crippen LogP) is 3.98. The Bertz CT molecular complexity index is 711. The van der Waals surface area contributed by atoms with Gasteiger partial charge in [-0.15, -0.1) is 0 Å². The third-order valence-electron chi connectivity index (χ3n) is 4.38. The van der Waals surface area contributed by atoms with Gasteiger partial charge in [0.25, 0.3) is 0 Å². The largest absolute Gasteiger partial charge is 0.456 e. The van der Waals surface area contributed by atoms with Gasteiger partial charge in [0.1, 0.15) is 11.9 Å². The lowest BCUT2D eigenvalue weighted by molar-refractivity contribution is 0.00125. The monoisotopic (exact) mass is 316 g/mol. The van der Waals surface area contributed by atoms with Crippen LogP contribution in [0.1, 0.15) is 53.5 Å². The van der Waals surface area contributed by atoms with E-state index in [1.165, 1.54) is 12.1 Å². The van der Waals surface area contributed by atoms with Crippen LogP contribution < -0.4 is 0 Å². The molecule has 2 atom stereocenters. The quantitative estimate of drug-likeness (QED) is 0.805. The Morgan fingerprint density at radius 1 is 1.26 bits per heavy atom. The van der Waals surface area contributed by atoms with Crippen molar-refractivity contribution in [1.29, 1.82) is 0 Å². The average molecular weight is 316 g/mol. The Labute approximate surface area is 135 Å². The van der Waals surface area contributed by atoms with Gasteiger partial charge in [0.05, 0.1) is 17.3 Å². The molecule has 1 fully saturated rings. The number of aryl methyl sites for hydroxylation is 2. The summed E-state index contributed by atoms with van der Waals surface area (Å²) in [7, 11) is 0. The second kappa shape index (κ2) is 6.52. The van der Waals surface area contributed by atoms with Crippen molar-refractivity contribution in [2.24, 2.45) is 0 Å². The van der Waals surface area contributed by atoms with Crippen LogP contribution in [-0.2, 0) is 4.74 Å². The summed E-state index contributed by atoms with van der Waals surface area (Å²) in [6, 6.07) is 7.97. The van der Waals surface area contributed by atoms with Crippen molar-refractivity contribution in [2.75, 3.05) is 0 Å². The van der Waals surface area contributed by atoms with Gasteiger partial charge in [-0.2, -0.15) is 5.10 Å². The first-order valence-corrected chi connectivity index (χ1v) is 8.04. The molecule has 0 unspecified atom stereocenters. The number of halogens is 1. The Kier molecular flexibility index (Phi) is 4.46.